The van der Waals surface area contributed by atoms with Crippen molar-refractivity contribution < 1.29 is 14.4 Å². The minimum atomic E-state index is -0.516. The third-order valence-corrected chi connectivity index (χ3v) is 4.18. The summed E-state index contributed by atoms with van der Waals surface area (Å²) in [6.45, 7) is 1.79. The zero-order valence-electron chi connectivity index (χ0n) is 14.1. The lowest BCUT2D eigenvalue weighted by molar-refractivity contribution is -0.111. The SMILES string of the molecule is CC1=CC(=O)C(C2CC2)=CC1=NOC(=O)c1ccccc1N(C)C. The minimum absolute atomic E-state index is 0.0400. The topological polar surface area (TPSA) is 59.0 Å². The first-order valence-electron chi connectivity index (χ1n) is 7.97. The maximum absolute atomic E-state index is 12.3. The van der Waals surface area contributed by atoms with Crippen molar-refractivity contribution in [3.63, 3.8) is 0 Å². The van der Waals surface area contributed by atoms with Crippen LogP contribution in [0.3, 0.4) is 0 Å². The van der Waals surface area contributed by atoms with Gasteiger partial charge in [-0.2, -0.15) is 0 Å². The molecule has 2 aliphatic rings. The summed E-state index contributed by atoms with van der Waals surface area (Å²) >= 11 is 0. The Hall–Kier alpha value is -2.69. The Morgan fingerprint density at radius 3 is 2.58 bits per heavy atom. The molecule has 0 aliphatic heterocycles. The van der Waals surface area contributed by atoms with Gasteiger partial charge in [0.25, 0.3) is 0 Å². The van der Waals surface area contributed by atoms with Gasteiger partial charge in [0.15, 0.2) is 5.78 Å². The molecule has 1 fully saturated rings. The molecule has 0 atom stereocenters. The highest BCUT2D eigenvalue weighted by Crippen LogP contribution is 2.38. The smallest absolute Gasteiger partial charge is 0.367 e. The number of carbonyl (C=O) groups excluding carboxylic acids is 2. The lowest BCUT2D eigenvalue weighted by Crippen LogP contribution is -2.16. The van der Waals surface area contributed by atoms with E-state index in [1.165, 1.54) is 0 Å². The minimum Gasteiger partial charge on any atom is -0.377 e. The maximum atomic E-state index is 12.3. The molecule has 0 heterocycles. The van der Waals surface area contributed by atoms with Crippen LogP contribution in [0.4, 0.5) is 5.69 Å². The number of hydrogen-bond acceptors (Lipinski definition) is 5. The third kappa shape index (κ3) is 3.30. The largest absolute Gasteiger partial charge is 0.377 e. The Morgan fingerprint density at radius 2 is 1.92 bits per heavy atom. The van der Waals surface area contributed by atoms with E-state index in [0.717, 1.165) is 24.1 Å². The molecule has 0 N–H and O–H groups in total. The predicted octanol–water partition coefficient (Wildman–Crippen LogP) is 3.13. The molecule has 1 aromatic rings. The van der Waals surface area contributed by atoms with Crippen LogP contribution in [-0.2, 0) is 9.63 Å². The molecule has 0 bridgehead atoms. The van der Waals surface area contributed by atoms with E-state index in [9.17, 15) is 9.59 Å². The van der Waals surface area contributed by atoms with Crippen LogP contribution in [0.1, 0.15) is 30.1 Å². The standard InChI is InChI=1S/C19H20N2O3/c1-12-10-18(22)15(13-8-9-13)11-16(12)20-24-19(23)14-6-4-5-7-17(14)21(2)3/h4-7,10-11,13H,8-9H2,1-3H3. The first-order chi connectivity index (χ1) is 11.5. The number of rotatable bonds is 4. The van der Waals surface area contributed by atoms with Crippen LogP contribution in [0, 0.1) is 5.92 Å². The molecule has 0 spiro atoms. The molecule has 0 saturated heterocycles. The van der Waals surface area contributed by atoms with E-state index in [2.05, 4.69) is 5.16 Å². The first kappa shape index (κ1) is 16.2. The zero-order chi connectivity index (χ0) is 17.3. The summed E-state index contributed by atoms with van der Waals surface area (Å²) in [5, 5.41) is 3.99. The molecule has 2 aliphatic carbocycles. The molecule has 24 heavy (non-hydrogen) atoms. The van der Waals surface area contributed by atoms with Crippen LogP contribution in [0.25, 0.3) is 0 Å². The van der Waals surface area contributed by atoms with Crippen LogP contribution < -0.4 is 4.90 Å². The fourth-order valence-electron chi connectivity index (χ4n) is 2.67. The van der Waals surface area contributed by atoms with Crippen molar-refractivity contribution in [2.75, 3.05) is 19.0 Å². The number of para-hydroxylation sites is 1. The molecule has 1 aromatic carbocycles. The highest BCUT2D eigenvalue weighted by molar-refractivity contribution is 6.22. The molecule has 1 saturated carbocycles. The quantitative estimate of drug-likeness (QED) is 0.485. The number of benzene rings is 1. The lowest BCUT2D eigenvalue weighted by atomic mass is 9.94. The van der Waals surface area contributed by atoms with Gasteiger partial charge in [-0.05, 0) is 55.5 Å². The summed E-state index contributed by atoms with van der Waals surface area (Å²) in [5.74, 6) is -0.145. The van der Waals surface area contributed by atoms with Crippen molar-refractivity contribution in [2.45, 2.75) is 19.8 Å². The van der Waals surface area contributed by atoms with Crippen molar-refractivity contribution in [3.8, 4) is 0 Å². The maximum Gasteiger partial charge on any atom is 0.367 e. The molecule has 5 heteroatoms. The molecule has 0 aromatic heterocycles. The van der Waals surface area contributed by atoms with E-state index >= 15 is 0 Å². The zero-order valence-corrected chi connectivity index (χ0v) is 14.1. The average Bonchev–Trinajstić information content (AvgIpc) is 3.38. The average molecular weight is 324 g/mol. The van der Waals surface area contributed by atoms with Crippen LogP contribution >= 0.6 is 0 Å². The highest BCUT2D eigenvalue weighted by atomic mass is 16.7. The second kappa shape index (κ2) is 6.43. The van der Waals surface area contributed by atoms with Gasteiger partial charge in [-0.25, -0.2) is 4.79 Å². The second-order valence-electron chi connectivity index (χ2n) is 6.33. The first-order valence-corrected chi connectivity index (χ1v) is 7.97. The Kier molecular flexibility index (Phi) is 4.34. The van der Waals surface area contributed by atoms with Gasteiger partial charge in [0.05, 0.1) is 11.3 Å². The summed E-state index contributed by atoms with van der Waals surface area (Å²) in [4.78, 5) is 31.3. The van der Waals surface area contributed by atoms with E-state index in [0.29, 0.717) is 22.8 Å². The Morgan fingerprint density at radius 1 is 1.21 bits per heavy atom. The van der Waals surface area contributed by atoms with E-state index in [1.54, 1.807) is 31.2 Å². The van der Waals surface area contributed by atoms with Crippen molar-refractivity contribution in [1.82, 2.24) is 0 Å². The van der Waals surface area contributed by atoms with E-state index in [4.69, 9.17) is 4.84 Å². The van der Waals surface area contributed by atoms with Crippen LogP contribution in [0.5, 0.6) is 0 Å². The van der Waals surface area contributed by atoms with Gasteiger partial charge in [-0.15, -0.1) is 0 Å². The lowest BCUT2D eigenvalue weighted by Gasteiger charge is -2.15. The highest BCUT2D eigenvalue weighted by Gasteiger charge is 2.32. The second-order valence-corrected chi connectivity index (χ2v) is 6.33. The molecular weight excluding hydrogens is 304 g/mol. The van der Waals surface area contributed by atoms with Gasteiger partial charge in [0.1, 0.15) is 5.71 Å². The van der Waals surface area contributed by atoms with Crippen molar-refractivity contribution in [3.05, 3.63) is 53.1 Å². The predicted molar refractivity (Wildman–Crippen MR) is 93.2 cm³/mol. The van der Waals surface area contributed by atoms with E-state index in [1.807, 2.05) is 31.1 Å². The molecule has 3 rings (SSSR count). The van der Waals surface area contributed by atoms with Gasteiger partial charge in [-0.3, -0.25) is 4.79 Å². The van der Waals surface area contributed by atoms with Gasteiger partial charge in [0.2, 0.25) is 0 Å². The molecule has 5 nitrogen and oxygen atoms in total. The number of allylic oxidation sites excluding steroid dienone is 4. The van der Waals surface area contributed by atoms with Crippen LogP contribution in [-0.4, -0.2) is 31.6 Å². The number of anilines is 1. The number of ketones is 1. The summed E-state index contributed by atoms with van der Waals surface area (Å²) in [6.07, 6.45) is 5.38. The number of nitrogens with zero attached hydrogens (tertiary/aromatic N) is 2. The number of hydrogen-bond donors (Lipinski definition) is 0. The Labute approximate surface area is 141 Å². The molecular formula is C19H20N2O3. The van der Waals surface area contributed by atoms with Gasteiger partial charge < -0.3 is 9.74 Å². The number of oxime groups is 1. The third-order valence-electron chi connectivity index (χ3n) is 4.18. The van der Waals surface area contributed by atoms with Gasteiger partial charge >= 0.3 is 5.97 Å². The molecule has 0 radical (unpaired) electrons. The van der Waals surface area contributed by atoms with Gasteiger partial charge in [-0.1, -0.05) is 17.3 Å². The normalized spacial score (nSPS) is 19.0. The van der Waals surface area contributed by atoms with Crippen LogP contribution in [0.2, 0.25) is 0 Å². The molecule has 124 valence electrons. The summed E-state index contributed by atoms with van der Waals surface area (Å²) in [7, 11) is 3.73. The fraction of sp³-hybridized carbons (Fsp3) is 0.316. The Balaban J connectivity index is 1.81. The van der Waals surface area contributed by atoms with Gasteiger partial charge in [0, 0.05) is 19.7 Å². The monoisotopic (exact) mass is 324 g/mol. The fourth-order valence-corrected chi connectivity index (χ4v) is 2.67. The molecule has 0 amide bonds. The summed E-state index contributed by atoms with van der Waals surface area (Å²) in [5.41, 5.74) is 3.23. The summed E-state index contributed by atoms with van der Waals surface area (Å²) in [6, 6.07) is 7.20. The van der Waals surface area contributed by atoms with Crippen molar-refractivity contribution in [2.24, 2.45) is 11.1 Å². The van der Waals surface area contributed by atoms with Crippen LogP contribution in [0.15, 0.2) is 52.7 Å². The van der Waals surface area contributed by atoms with Crippen molar-refractivity contribution in [1.29, 1.82) is 0 Å². The Bertz CT molecular complexity index is 784. The van der Waals surface area contributed by atoms with E-state index < -0.39 is 5.97 Å². The molecule has 0 unspecified atom stereocenters. The summed E-state index contributed by atoms with van der Waals surface area (Å²) < 4.78 is 0. The van der Waals surface area contributed by atoms with E-state index in [-0.39, 0.29) is 5.78 Å². The van der Waals surface area contributed by atoms with Crippen molar-refractivity contribution >= 4 is 23.2 Å². The number of carbonyl (C=O) groups is 2.